The fourth-order valence-electron chi connectivity index (χ4n) is 3.79. The van der Waals surface area contributed by atoms with E-state index in [1.807, 2.05) is 18.2 Å². The van der Waals surface area contributed by atoms with Crippen LogP contribution in [0.3, 0.4) is 0 Å². The third-order valence-electron chi connectivity index (χ3n) is 5.24. The van der Waals surface area contributed by atoms with Gasteiger partial charge in [-0.1, -0.05) is 37.5 Å². The monoisotopic (exact) mass is 358 g/mol. The molecule has 1 heterocycles. The molecule has 3 rings (SSSR count). The number of allylic oxidation sites excluding steroid dienone is 1. The van der Waals surface area contributed by atoms with E-state index in [0.717, 1.165) is 55.6 Å². The van der Waals surface area contributed by atoms with Crippen LogP contribution in [0.4, 0.5) is 0 Å². The van der Waals surface area contributed by atoms with Gasteiger partial charge in [-0.05, 0) is 42.9 Å². The molecule has 0 spiro atoms. The number of benzene rings is 1. The molecule has 0 amide bonds. The highest BCUT2D eigenvalue weighted by molar-refractivity contribution is 5.84. The summed E-state index contributed by atoms with van der Waals surface area (Å²) in [5.41, 5.74) is 1.06. The van der Waals surface area contributed by atoms with Crippen LogP contribution < -0.4 is 9.47 Å². The number of Topliss-reactive ketones (excluding diaryl/α,β-unsaturated/α-hetero) is 1. The van der Waals surface area contributed by atoms with Gasteiger partial charge in [0, 0.05) is 18.8 Å². The summed E-state index contributed by atoms with van der Waals surface area (Å²) in [6.07, 6.45) is 10.6. The van der Waals surface area contributed by atoms with Gasteiger partial charge in [0.2, 0.25) is 6.79 Å². The lowest BCUT2D eigenvalue weighted by molar-refractivity contribution is -0.137. The zero-order valence-corrected chi connectivity index (χ0v) is 15.0. The number of hydrogen-bond donors (Lipinski definition) is 1. The minimum absolute atomic E-state index is 0.111. The summed E-state index contributed by atoms with van der Waals surface area (Å²) in [4.78, 5) is 22.7. The Morgan fingerprint density at radius 3 is 2.81 bits per heavy atom. The molecule has 1 fully saturated rings. The van der Waals surface area contributed by atoms with Crippen LogP contribution in [0.2, 0.25) is 0 Å². The summed E-state index contributed by atoms with van der Waals surface area (Å²) < 4.78 is 10.7. The maximum atomic E-state index is 12.2. The van der Waals surface area contributed by atoms with Crippen molar-refractivity contribution in [3.8, 4) is 11.5 Å². The highest BCUT2D eigenvalue weighted by Crippen LogP contribution is 2.36. The van der Waals surface area contributed by atoms with Crippen molar-refractivity contribution in [2.45, 2.75) is 51.4 Å². The number of carboxylic acid groups (broad SMARTS) is 1. The van der Waals surface area contributed by atoms with Crippen molar-refractivity contribution in [2.75, 3.05) is 6.79 Å². The van der Waals surface area contributed by atoms with Crippen molar-refractivity contribution in [1.82, 2.24) is 0 Å². The minimum Gasteiger partial charge on any atom is -0.481 e. The predicted molar refractivity (Wildman–Crippen MR) is 98.2 cm³/mol. The number of ketones is 1. The number of unbranched alkanes of at least 4 members (excludes halogenated alkanes) is 3. The molecule has 0 radical (unpaired) electrons. The smallest absolute Gasteiger partial charge is 0.303 e. The molecule has 1 N–H and O–H groups in total. The van der Waals surface area contributed by atoms with Crippen LogP contribution in [0.15, 0.2) is 24.3 Å². The number of carboxylic acids is 1. The Morgan fingerprint density at radius 1 is 1.15 bits per heavy atom. The molecule has 0 aromatic heterocycles. The molecule has 1 aromatic carbocycles. The van der Waals surface area contributed by atoms with Gasteiger partial charge < -0.3 is 14.6 Å². The summed E-state index contributed by atoms with van der Waals surface area (Å²) in [5, 5.41) is 8.65. The lowest BCUT2D eigenvalue weighted by Gasteiger charge is -2.14. The number of rotatable bonds is 9. The summed E-state index contributed by atoms with van der Waals surface area (Å²) >= 11 is 0. The van der Waals surface area contributed by atoms with Gasteiger partial charge in [0.05, 0.1) is 0 Å². The molecule has 5 nitrogen and oxygen atoms in total. The summed E-state index contributed by atoms with van der Waals surface area (Å²) in [5.74, 6) is 1.60. The van der Waals surface area contributed by atoms with E-state index in [-0.39, 0.29) is 19.1 Å². The maximum absolute atomic E-state index is 12.2. The molecule has 1 aliphatic carbocycles. The highest BCUT2D eigenvalue weighted by atomic mass is 16.7. The van der Waals surface area contributed by atoms with Gasteiger partial charge in [0.1, 0.15) is 5.78 Å². The van der Waals surface area contributed by atoms with Crippen molar-refractivity contribution < 1.29 is 24.2 Å². The second kappa shape index (κ2) is 8.88. The van der Waals surface area contributed by atoms with Crippen molar-refractivity contribution in [3.63, 3.8) is 0 Å². The number of fused-ring (bicyclic) bond motifs is 1. The molecule has 1 saturated carbocycles. The highest BCUT2D eigenvalue weighted by Gasteiger charge is 2.32. The second-order valence-corrected chi connectivity index (χ2v) is 7.09. The molecular formula is C21H26O5. The van der Waals surface area contributed by atoms with Crippen LogP contribution in [0.25, 0.3) is 6.08 Å². The third-order valence-corrected chi connectivity index (χ3v) is 5.24. The molecule has 5 heteroatoms. The molecule has 2 unspecified atom stereocenters. The Morgan fingerprint density at radius 2 is 1.96 bits per heavy atom. The Hall–Kier alpha value is -2.30. The maximum Gasteiger partial charge on any atom is 0.303 e. The summed E-state index contributed by atoms with van der Waals surface area (Å²) in [6, 6.07) is 5.88. The lowest BCUT2D eigenvalue weighted by atomic mass is 9.89. The number of carbonyl (C=O) groups is 2. The lowest BCUT2D eigenvalue weighted by Crippen LogP contribution is -2.13. The first-order chi connectivity index (χ1) is 12.6. The van der Waals surface area contributed by atoms with Crippen molar-refractivity contribution in [2.24, 2.45) is 11.8 Å². The van der Waals surface area contributed by atoms with E-state index in [4.69, 9.17) is 14.6 Å². The fourth-order valence-corrected chi connectivity index (χ4v) is 3.79. The zero-order chi connectivity index (χ0) is 18.4. The quantitative estimate of drug-likeness (QED) is 0.660. The number of carbonyl (C=O) groups excluding carboxylic acids is 1. The van der Waals surface area contributed by atoms with Gasteiger partial charge in [0.15, 0.2) is 11.5 Å². The van der Waals surface area contributed by atoms with E-state index in [0.29, 0.717) is 18.1 Å². The van der Waals surface area contributed by atoms with Gasteiger partial charge in [-0.15, -0.1) is 0 Å². The number of aliphatic carboxylic acids is 1. The molecule has 26 heavy (non-hydrogen) atoms. The average Bonchev–Trinajstić information content (AvgIpc) is 3.22. The molecule has 0 bridgehead atoms. The minimum atomic E-state index is -0.732. The number of ether oxygens (including phenoxy) is 2. The SMILES string of the molecule is O=C(O)CCCCCCC1C(=O)CCC1C=Cc1ccc2c(c1)OCO2. The topological polar surface area (TPSA) is 72.8 Å². The van der Waals surface area contributed by atoms with E-state index in [9.17, 15) is 9.59 Å². The molecule has 140 valence electrons. The van der Waals surface area contributed by atoms with E-state index in [2.05, 4.69) is 12.2 Å². The zero-order valence-electron chi connectivity index (χ0n) is 15.0. The van der Waals surface area contributed by atoms with Gasteiger partial charge in [-0.25, -0.2) is 0 Å². The first-order valence-corrected chi connectivity index (χ1v) is 9.46. The van der Waals surface area contributed by atoms with Gasteiger partial charge in [-0.3, -0.25) is 9.59 Å². The first kappa shape index (κ1) is 18.5. The van der Waals surface area contributed by atoms with E-state index >= 15 is 0 Å². The van der Waals surface area contributed by atoms with Crippen LogP contribution >= 0.6 is 0 Å². The molecule has 0 saturated heterocycles. The molecular weight excluding hydrogens is 332 g/mol. The Balaban J connectivity index is 1.48. The van der Waals surface area contributed by atoms with Crippen LogP contribution in [-0.4, -0.2) is 23.7 Å². The fraction of sp³-hybridized carbons (Fsp3) is 0.524. The molecule has 1 aliphatic heterocycles. The standard InChI is InChI=1S/C21H26O5/c22-18-11-10-16(17(18)5-3-1-2-4-6-21(23)24)9-7-15-8-12-19-20(13-15)26-14-25-19/h7-9,12-13,16-17H,1-6,10-11,14H2,(H,23,24). The predicted octanol–water partition coefficient (Wildman–Crippen LogP) is 4.45. The summed E-state index contributed by atoms with van der Waals surface area (Å²) in [7, 11) is 0. The van der Waals surface area contributed by atoms with Gasteiger partial charge in [0.25, 0.3) is 0 Å². The van der Waals surface area contributed by atoms with E-state index < -0.39 is 5.97 Å². The van der Waals surface area contributed by atoms with E-state index in [1.54, 1.807) is 0 Å². The van der Waals surface area contributed by atoms with Crippen LogP contribution in [-0.2, 0) is 9.59 Å². The van der Waals surface area contributed by atoms with Gasteiger partial charge >= 0.3 is 5.97 Å². The normalized spacial score (nSPS) is 21.6. The Bertz CT molecular complexity index is 679. The van der Waals surface area contributed by atoms with E-state index in [1.165, 1.54) is 0 Å². The average molecular weight is 358 g/mol. The van der Waals surface area contributed by atoms with Crippen LogP contribution in [0.5, 0.6) is 11.5 Å². The Kier molecular flexibility index (Phi) is 6.31. The van der Waals surface area contributed by atoms with Crippen molar-refractivity contribution >= 4 is 17.8 Å². The first-order valence-electron chi connectivity index (χ1n) is 9.46. The largest absolute Gasteiger partial charge is 0.481 e. The Labute approximate surface area is 154 Å². The van der Waals surface area contributed by atoms with Crippen molar-refractivity contribution in [1.29, 1.82) is 0 Å². The third kappa shape index (κ3) is 4.87. The van der Waals surface area contributed by atoms with Crippen LogP contribution in [0.1, 0.15) is 56.9 Å². The molecule has 2 atom stereocenters. The van der Waals surface area contributed by atoms with Gasteiger partial charge in [-0.2, -0.15) is 0 Å². The molecule has 1 aromatic rings. The number of hydrogen-bond acceptors (Lipinski definition) is 4. The van der Waals surface area contributed by atoms with Crippen molar-refractivity contribution in [3.05, 3.63) is 29.8 Å². The molecule has 2 aliphatic rings. The summed E-state index contributed by atoms with van der Waals surface area (Å²) in [6.45, 7) is 0.272. The van der Waals surface area contributed by atoms with Crippen LogP contribution in [0, 0.1) is 11.8 Å². The second-order valence-electron chi connectivity index (χ2n) is 7.09.